The van der Waals surface area contributed by atoms with Gasteiger partial charge < -0.3 is 5.73 Å². The maximum absolute atomic E-state index is 13.4. The Labute approximate surface area is 103 Å². The first-order chi connectivity index (χ1) is 8.23. The Kier molecular flexibility index (Phi) is 4.70. The molecule has 0 spiro atoms. The molecule has 102 valence electrons. The zero-order valence-corrected chi connectivity index (χ0v) is 10.2. The number of nitrogens with zero attached hydrogens (tertiary/aromatic N) is 1. The topological polar surface area (TPSA) is 29.3 Å². The summed E-state index contributed by atoms with van der Waals surface area (Å²) >= 11 is 0. The summed E-state index contributed by atoms with van der Waals surface area (Å²) in [6.45, 7) is 1.15. The van der Waals surface area contributed by atoms with Gasteiger partial charge in [0.25, 0.3) is 0 Å². The highest BCUT2D eigenvalue weighted by Crippen LogP contribution is 2.27. The first kappa shape index (κ1) is 14.9. The predicted molar refractivity (Wildman–Crippen MR) is 61.4 cm³/mol. The van der Waals surface area contributed by atoms with Crippen LogP contribution in [0.1, 0.15) is 12.5 Å². The van der Waals surface area contributed by atoms with E-state index in [4.69, 9.17) is 5.73 Å². The highest BCUT2D eigenvalue weighted by Gasteiger charge is 2.44. The van der Waals surface area contributed by atoms with Crippen LogP contribution in [0.3, 0.4) is 0 Å². The molecule has 0 saturated heterocycles. The van der Waals surface area contributed by atoms with E-state index in [0.717, 1.165) is 4.90 Å². The molecule has 0 bridgehead atoms. The zero-order chi connectivity index (χ0) is 13.9. The Balaban J connectivity index is 2.86. The van der Waals surface area contributed by atoms with Gasteiger partial charge in [0.2, 0.25) is 0 Å². The second-order valence-corrected chi connectivity index (χ2v) is 4.35. The Morgan fingerprint density at radius 3 is 2.28 bits per heavy atom. The van der Waals surface area contributed by atoms with E-state index in [1.807, 2.05) is 0 Å². The molecular weight excluding hydrogens is 248 g/mol. The van der Waals surface area contributed by atoms with Crippen LogP contribution in [0.25, 0.3) is 0 Å². The van der Waals surface area contributed by atoms with Crippen LogP contribution in [0.15, 0.2) is 24.3 Å². The van der Waals surface area contributed by atoms with Gasteiger partial charge in [-0.3, -0.25) is 4.90 Å². The summed E-state index contributed by atoms with van der Waals surface area (Å²) in [7, 11) is 1.29. The molecule has 0 aromatic heterocycles. The van der Waals surface area contributed by atoms with E-state index in [9.17, 15) is 17.6 Å². The SMILES string of the molecule is CC(N)C(N(C)Cc1ccccc1F)C(F)(F)F. The van der Waals surface area contributed by atoms with Crippen molar-refractivity contribution in [3.8, 4) is 0 Å². The van der Waals surface area contributed by atoms with E-state index in [-0.39, 0.29) is 12.1 Å². The zero-order valence-electron chi connectivity index (χ0n) is 10.2. The highest BCUT2D eigenvalue weighted by atomic mass is 19.4. The predicted octanol–water partition coefficient (Wildman–Crippen LogP) is 2.54. The first-order valence-corrected chi connectivity index (χ1v) is 5.49. The lowest BCUT2D eigenvalue weighted by Gasteiger charge is -2.32. The molecule has 0 aliphatic heterocycles. The summed E-state index contributed by atoms with van der Waals surface area (Å²) in [5, 5.41) is 0. The molecule has 1 aromatic carbocycles. The lowest BCUT2D eigenvalue weighted by atomic mass is 10.1. The Hall–Kier alpha value is -1.14. The van der Waals surface area contributed by atoms with Gasteiger partial charge in [-0.25, -0.2) is 4.39 Å². The average molecular weight is 264 g/mol. The van der Waals surface area contributed by atoms with Crippen LogP contribution < -0.4 is 5.73 Å². The molecule has 0 aliphatic carbocycles. The molecule has 2 unspecified atom stereocenters. The number of rotatable bonds is 4. The van der Waals surface area contributed by atoms with E-state index >= 15 is 0 Å². The molecule has 6 heteroatoms. The third kappa shape index (κ3) is 3.68. The summed E-state index contributed by atoms with van der Waals surface area (Å²) in [4.78, 5) is 1.02. The van der Waals surface area contributed by atoms with Crippen molar-refractivity contribution in [1.82, 2.24) is 4.90 Å². The van der Waals surface area contributed by atoms with E-state index in [1.54, 1.807) is 6.07 Å². The number of benzene rings is 1. The summed E-state index contributed by atoms with van der Waals surface area (Å²) in [5.41, 5.74) is 5.58. The van der Waals surface area contributed by atoms with E-state index < -0.39 is 24.1 Å². The van der Waals surface area contributed by atoms with Crippen molar-refractivity contribution in [2.24, 2.45) is 5.73 Å². The smallest absolute Gasteiger partial charge is 0.326 e. The van der Waals surface area contributed by atoms with Crippen molar-refractivity contribution in [2.75, 3.05) is 7.05 Å². The standard InChI is InChI=1S/C12H16F4N2/c1-8(17)11(12(14,15)16)18(2)7-9-5-3-4-6-10(9)13/h3-6,8,11H,7,17H2,1-2H3. The molecular formula is C12H16F4N2. The molecule has 0 fully saturated rings. The Morgan fingerprint density at radius 2 is 1.83 bits per heavy atom. The molecule has 0 amide bonds. The molecule has 1 aromatic rings. The van der Waals surface area contributed by atoms with Crippen LogP contribution >= 0.6 is 0 Å². The Bertz CT molecular complexity index is 390. The van der Waals surface area contributed by atoms with Crippen molar-refractivity contribution in [1.29, 1.82) is 0 Å². The number of alkyl halides is 3. The van der Waals surface area contributed by atoms with Crippen molar-refractivity contribution in [3.63, 3.8) is 0 Å². The summed E-state index contributed by atoms with van der Waals surface area (Å²) in [6, 6.07) is 2.88. The quantitative estimate of drug-likeness (QED) is 0.847. The van der Waals surface area contributed by atoms with E-state index in [1.165, 1.54) is 32.2 Å². The molecule has 0 saturated carbocycles. The van der Waals surface area contributed by atoms with Gasteiger partial charge in [0.1, 0.15) is 11.9 Å². The maximum Gasteiger partial charge on any atom is 0.405 e. The minimum Gasteiger partial charge on any atom is -0.326 e. The minimum atomic E-state index is -4.44. The molecule has 18 heavy (non-hydrogen) atoms. The van der Waals surface area contributed by atoms with Gasteiger partial charge in [-0.2, -0.15) is 13.2 Å². The fraction of sp³-hybridized carbons (Fsp3) is 0.500. The normalized spacial score (nSPS) is 15.8. The van der Waals surface area contributed by atoms with Gasteiger partial charge in [0.15, 0.2) is 0 Å². The molecule has 0 radical (unpaired) electrons. The summed E-state index contributed by atoms with van der Waals surface area (Å²) in [5.74, 6) is -0.519. The van der Waals surface area contributed by atoms with Crippen LogP contribution in [-0.4, -0.2) is 30.2 Å². The summed E-state index contributed by atoms with van der Waals surface area (Å²) < 4.78 is 51.8. The van der Waals surface area contributed by atoms with Crippen molar-refractivity contribution < 1.29 is 17.6 Å². The van der Waals surface area contributed by atoms with Gasteiger partial charge >= 0.3 is 6.18 Å². The van der Waals surface area contributed by atoms with Crippen LogP contribution in [0.4, 0.5) is 17.6 Å². The van der Waals surface area contributed by atoms with Gasteiger partial charge in [-0.15, -0.1) is 0 Å². The minimum absolute atomic E-state index is 0.140. The number of nitrogens with two attached hydrogens (primary N) is 1. The van der Waals surface area contributed by atoms with Crippen molar-refractivity contribution >= 4 is 0 Å². The molecule has 2 N–H and O–H groups in total. The molecule has 1 rings (SSSR count). The number of hydrogen-bond acceptors (Lipinski definition) is 2. The Morgan fingerprint density at radius 1 is 1.28 bits per heavy atom. The van der Waals surface area contributed by atoms with Crippen LogP contribution in [0.5, 0.6) is 0 Å². The van der Waals surface area contributed by atoms with Crippen molar-refractivity contribution in [3.05, 3.63) is 35.6 Å². The lowest BCUT2D eigenvalue weighted by Crippen LogP contribution is -2.53. The van der Waals surface area contributed by atoms with Gasteiger partial charge in [0, 0.05) is 18.2 Å². The summed E-state index contributed by atoms with van der Waals surface area (Å²) in [6.07, 6.45) is -4.44. The van der Waals surface area contributed by atoms with Gasteiger partial charge in [-0.1, -0.05) is 18.2 Å². The molecule has 2 atom stereocenters. The third-order valence-electron chi connectivity index (χ3n) is 2.69. The molecule has 2 nitrogen and oxygen atoms in total. The number of halogens is 4. The van der Waals surface area contributed by atoms with Crippen LogP contribution in [0, 0.1) is 5.82 Å². The largest absolute Gasteiger partial charge is 0.405 e. The van der Waals surface area contributed by atoms with E-state index in [0.29, 0.717) is 0 Å². The third-order valence-corrected chi connectivity index (χ3v) is 2.69. The highest BCUT2D eigenvalue weighted by molar-refractivity contribution is 5.17. The van der Waals surface area contributed by atoms with Crippen LogP contribution in [-0.2, 0) is 6.54 Å². The maximum atomic E-state index is 13.4. The monoisotopic (exact) mass is 264 g/mol. The lowest BCUT2D eigenvalue weighted by molar-refractivity contribution is -0.186. The van der Waals surface area contributed by atoms with E-state index in [2.05, 4.69) is 0 Å². The fourth-order valence-corrected chi connectivity index (χ4v) is 1.94. The number of likely N-dealkylation sites (N-methyl/N-ethyl adjacent to an activating group) is 1. The first-order valence-electron chi connectivity index (χ1n) is 5.49. The molecule has 0 heterocycles. The average Bonchev–Trinajstić information content (AvgIpc) is 2.18. The van der Waals surface area contributed by atoms with Crippen molar-refractivity contribution in [2.45, 2.75) is 31.7 Å². The fourth-order valence-electron chi connectivity index (χ4n) is 1.94. The second kappa shape index (κ2) is 5.67. The van der Waals surface area contributed by atoms with Crippen LogP contribution in [0.2, 0.25) is 0 Å². The van der Waals surface area contributed by atoms with Gasteiger partial charge in [0.05, 0.1) is 0 Å². The number of hydrogen-bond donors (Lipinski definition) is 1. The second-order valence-electron chi connectivity index (χ2n) is 4.35. The van der Waals surface area contributed by atoms with Gasteiger partial charge in [-0.05, 0) is 20.0 Å². The molecule has 0 aliphatic rings.